The summed E-state index contributed by atoms with van der Waals surface area (Å²) in [7, 11) is 0. The van der Waals surface area contributed by atoms with Crippen LogP contribution in [0.25, 0.3) is 0 Å². The van der Waals surface area contributed by atoms with Gasteiger partial charge in [0.05, 0.1) is 13.2 Å². The lowest BCUT2D eigenvalue weighted by Crippen LogP contribution is -2.01. The first-order valence-corrected chi connectivity index (χ1v) is 5.41. The Hall–Kier alpha value is -1.53. The van der Waals surface area contributed by atoms with Crippen LogP contribution in [0.1, 0.15) is 18.4 Å². The van der Waals surface area contributed by atoms with Crippen LogP contribution in [0.4, 0.5) is 4.39 Å². The van der Waals surface area contributed by atoms with Gasteiger partial charge in [0.2, 0.25) is 0 Å². The molecule has 0 aliphatic heterocycles. The Morgan fingerprint density at radius 2 is 2.25 bits per heavy atom. The molecule has 1 aromatic carbocycles. The van der Waals surface area contributed by atoms with Crippen LogP contribution < -0.4 is 10.5 Å². The number of hydrogen-bond donors (Lipinski definition) is 1. The van der Waals surface area contributed by atoms with E-state index in [0.29, 0.717) is 19.1 Å². The second-order valence-corrected chi connectivity index (χ2v) is 3.91. The first-order valence-electron chi connectivity index (χ1n) is 5.41. The molecule has 0 radical (unpaired) electrons. The summed E-state index contributed by atoms with van der Waals surface area (Å²) in [6.45, 7) is 0.903. The maximum absolute atomic E-state index is 13.4. The molecular formula is C13H14FNO. The van der Waals surface area contributed by atoms with Crippen LogP contribution in [0.2, 0.25) is 0 Å². The van der Waals surface area contributed by atoms with E-state index in [-0.39, 0.29) is 11.6 Å². The minimum atomic E-state index is -0.334. The van der Waals surface area contributed by atoms with Gasteiger partial charge in [-0.25, -0.2) is 4.39 Å². The van der Waals surface area contributed by atoms with Gasteiger partial charge in [0.25, 0.3) is 0 Å². The molecule has 2 N–H and O–H groups in total. The number of nitrogens with two attached hydrogens (primary N) is 1. The average molecular weight is 219 g/mol. The van der Waals surface area contributed by atoms with Crippen LogP contribution in [0.3, 0.4) is 0 Å². The first-order chi connectivity index (χ1) is 7.79. The fourth-order valence-electron chi connectivity index (χ4n) is 1.34. The molecule has 16 heavy (non-hydrogen) atoms. The van der Waals surface area contributed by atoms with Crippen molar-refractivity contribution in [2.24, 2.45) is 11.7 Å². The van der Waals surface area contributed by atoms with Gasteiger partial charge in [-0.2, -0.15) is 0 Å². The van der Waals surface area contributed by atoms with Crippen molar-refractivity contribution in [3.8, 4) is 17.6 Å². The number of benzene rings is 1. The highest BCUT2D eigenvalue weighted by Gasteiger charge is 2.22. The molecule has 1 aliphatic carbocycles. The van der Waals surface area contributed by atoms with Crippen molar-refractivity contribution in [2.75, 3.05) is 13.2 Å². The van der Waals surface area contributed by atoms with Crippen molar-refractivity contribution < 1.29 is 9.13 Å². The molecule has 3 heteroatoms. The molecule has 2 rings (SSSR count). The Morgan fingerprint density at radius 1 is 1.44 bits per heavy atom. The van der Waals surface area contributed by atoms with Crippen molar-refractivity contribution in [1.29, 1.82) is 0 Å². The van der Waals surface area contributed by atoms with Crippen molar-refractivity contribution in [2.45, 2.75) is 12.8 Å². The maximum atomic E-state index is 13.4. The van der Waals surface area contributed by atoms with Gasteiger partial charge in [0.15, 0.2) is 11.6 Å². The summed E-state index contributed by atoms with van der Waals surface area (Å²) < 4.78 is 18.8. The molecule has 0 aromatic heterocycles. The molecule has 0 amide bonds. The first kappa shape index (κ1) is 11.0. The fraction of sp³-hybridized carbons (Fsp3) is 0.385. The molecule has 0 spiro atoms. The van der Waals surface area contributed by atoms with Gasteiger partial charge in [-0.05, 0) is 37.0 Å². The zero-order valence-corrected chi connectivity index (χ0v) is 9.00. The topological polar surface area (TPSA) is 35.2 Å². The van der Waals surface area contributed by atoms with Crippen molar-refractivity contribution >= 4 is 0 Å². The number of halogens is 1. The van der Waals surface area contributed by atoms with Gasteiger partial charge in [-0.3, -0.25) is 0 Å². The third-order valence-corrected chi connectivity index (χ3v) is 2.44. The van der Waals surface area contributed by atoms with Crippen LogP contribution in [-0.2, 0) is 0 Å². The summed E-state index contributed by atoms with van der Waals surface area (Å²) in [5.41, 5.74) is 6.01. The quantitative estimate of drug-likeness (QED) is 0.788. The van der Waals surface area contributed by atoms with Gasteiger partial charge in [0, 0.05) is 5.56 Å². The van der Waals surface area contributed by atoms with Gasteiger partial charge < -0.3 is 10.5 Å². The predicted molar refractivity (Wildman–Crippen MR) is 60.6 cm³/mol. The third kappa shape index (κ3) is 2.98. The Kier molecular flexibility index (Phi) is 3.43. The summed E-state index contributed by atoms with van der Waals surface area (Å²) >= 11 is 0. The van der Waals surface area contributed by atoms with Crippen LogP contribution in [0, 0.1) is 23.6 Å². The summed E-state index contributed by atoms with van der Waals surface area (Å²) in [6, 6.07) is 4.63. The lowest BCUT2D eigenvalue weighted by atomic mass is 10.2. The Bertz CT molecular complexity index is 429. The molecule has 1 saturated carbocycles. The highest BCUT2D eigenvalue weighted by molar-refractivity contribution is 5.40. The zero-order valence-electron chi connectivity index (χ0n) is 9.00. The molecule has 0 unspecified atom stereocenters. The highest BCUT2D eigenvalue weighted by Crippen LogP contribution is 2.30. The Balaban J connectivity index is 2.07. The monoisotopic (exact) mass is 219 g/mol. The molecule has 0 atom stereocenters. The molecule has 1 fully saturated rings. The summed E-state index contributed by atoms with van der Waals surface area (Å²) in [4.78, 5) is 0. The molecule has 0 heterocycles. The van der Waals surface area contributed by atoms with Gasteiger partial charge >= 0.3 is 0 Å². The minimum absolute atomic E-state index is 0.288. The van der Waals surface area contributed by atoms with Crippen LogP contribution in [0.5, 0.6) is 5.75 Å². The average Bonchev–Trinajstić information content (AvgIpc) is 3.10. The van der Waals surface area contributed by atoms with Crippen molar-refractivity contribution in [1.82, 2.24) is 0 Å². The van der Waals surface area contributed by atoms with E-state index < -0.39 is 0 Å². The smallest absolute Gasteiger partial charge is 0.165 e. The highest BCUT2D eigenvalue weighted by atomic mass is 19.1. The van der Waals surface area contributed by atoms with E-state index in [1.807, 2.05) is 0 Å². The standard InChI is InChI=1S/C13H14FNO/c14-12-6-5-10(2-1-7-15)8-13(12)16-9-11-3-4-11/h5-6,8,11H,3-4,7,9,15H2. The summed E-state index contributed by atoms with van der Waals surface area (Å²) in [5.74, 6) is 6.14. The van der Waals surface area contributed by atoms with E-state index in [1.54, 1.807) is 12.1 Å². The predicted octanol–water partition coefficient (Wildman–Crippen LogP) is 1.92. The summed E-state index contributed by atoms with van der Waals surface area (Å²) in [5, 5.41) is 0. The number of ether oxygens (including phenoxy) is 1. The molecule has 1 aromatic rings. The van der Waals surface area contributed by atoms with E-state index in [0.717, 1.165) is 5.56 Å². The van der Waals surface area contributed by atoms with E-state index in [1.165, 1.54) is 18.9 Å². The van der Waals surface area contributed by atoms with Crippen LogP contribution in [0.15, 0.2) is 18.2 Å². The lowest BCUT2D eigenvalue weighted by molar-refractivity contribution is 0.285. The van der Waals surface area contributed by atoms with Gasteiger partial charge in [-0.1, -0.05) is 11.8 Å². The second-order valence-electron chi connectivity index (χ2n) is 3.91. The second kappa shape index (κ2) is 5.00. The largest absolute Gasteiger partial charge is 0.490 e. The molecule has 0 saturated heterocycles. The number of hydrogen-bond acceptors (Lipinski definition) is 2. The van der Waals surface area contributed by atoms with E-state index in [2.05, 4.69) is 11.8 Å². The molecule has 1 aliphatic rings. The zero-order chi connectivity index (χ0) is 11.4. The number of rotatable bonds is 3. The Labute approximate surface area is 94.6 Å². The van der Waals surface area contributed by atoms with Gasteiger partial charge in [0.1, 0.15) is 0 Å². The van der Waals surface area contributed by atoms with E-state index in [4.69, 9.17) is 10.5 Å². The minimum Gasteiger partial charge on any atom is -0.490 e. The van der Waals surface area contributed by atoms with Crippen molar-refractivity contribution in [3.63, 3.8) is 0 Å². The lowest BCUT2D eigenvalue weighted by Gasteiger charge is -2.06. The summed E-state index contributed by atoms with van der Waals surface area (Å²) in [6.07, 6.45) is 2.38. The molecule has 84 valence electrons. The van der Waals surface area contributed by atoms with Crippen molar-refractivity contribution in [3.05, 3.63) is 29.6 Å². The Morgan fingerprint density at radius 3 is 2.94 bits per heavy atom. The normalized spacial score (nSPS) is 14.1. The SMILES string of the molecule is NCC#Cc1ccc(F)c(OCC2CC2)c1. The van der Waals surface area contributed by atoms with E-state index in [9.17, 15) is 4.39 Å². The maximum Gasteiger partial charge on any atom is 0.165 e. The third-order valence-electron chi connectivity index (χ3n) is 2.44. The van der Waals surface area contributed by atoms with Gasteiger partial charge in [-0.15, -0.1) is 0 Å². The fourth-order valence-corrected chi connectivity index (χ4v) is 1.34. The van der Waals surface area contributed by atoms with E-state index >= 15 is 0 Å². The van der Waals surface area contributed by atoms with Crippen LogP contribution >= 0.6 is 0 Å². The molecule has 0 bridgehead atoms. The van der Waals surface area contributed by atoms with Crippen LogP contribution in [-0.4, -0.2) is 13.2 Å². The molecular weight excluding hydrogens is 205 g/mol. The molecule has 2 nitrogen and oxygen atoms in total.